The van der Waals surface area contributed by atoms with Crippen molar-refractivity contribution in [2.75, 3.05) is 7.11 Å². The van der Waals surface area contributed by atoms with E-state index < -0.39 is 5.91 Å². The molecule has 0 unspecified atom stereocenters. The van der Waals surface area contributed by atoms with E-state index in [2.05, 4.69) is 15.4 Å². The number of nitrogens with zero attached hydrogens (tertiary/aromatic N) is 2. The zero-order valence-corrected chi connectivity index (χ0v) is 10.8. The zero-order valence-electron chi connectivity index (χ0n) is 10.8. The maximum atomic E-state index is 11.5. The van der Waals surface area contributed by atoms with Crippen LogP contribution in [0.3, 0.4) is 0 Å². The molecule has 6 heteroatoms. The van der Waals surface area contributed by atoms with Crippen molar-refractivity contribution in [2.24, 2.45) is 5.73 Å². The Labute approximate surface area is 114 Å². The van der Waals surface area contributed by atoms with Crippen LogP contribution in [0.2, 0.25) is 0 Å². The number of H-pyrrole nitrogens is 1. The molecule has 0 aliphatic heterocycles. The van der Waals surface area contributed by atoms with E-state index in [1.165, 1.54) is 0 Å². The third kappa shape index (κ3) is 1.78. The van der Waals surface area contributed by atoms with Gasteiger partial charge in [0, 0.05) is 0 Å². The van der Waals surface area contributed by atoms with Crippen LogP contribution in [0.15, 0.2) is 36.4 Å². The number of primary amides is 1. The number of ether oxygens (including phenoxy) is 1. The van der Waals surface area contributed by atoms with Gasteiger partial charge in [-0.2, -0.15) is 15.4 Å². The minimum atomic E-state index is -0.635. The Morgan fingerprint density at radius 1 is 1.20 bits per heavy atom. The summed E-state index contributed by atoms with van der Waals surface area (Å²) in [6.45, 7) is 0. The van der Waals surface area contributed by atoms with Gasteiger partial charge in [0.2, 0.25) is 0 Å². The summed E-state index contributed by atoms with van der Waals surface area (Å²) in [5.41, 5.74) is 6.52. The Morgan fingerprint density at radius 2 is 2.00 bits per heavy atom. The Hall–Kier alpha value is -2.89. The van der Waals surface area contributed by atoms with Crippen molar-refractivity contribution in [3.05, 3.63) is 42.1 Å². The van der Waals surface area contributed by atoms with Crippen molar-refractivity contribution in [3.8, 4) is 17.0 Å². The first-order valence-electron chi connectivity index (χ1n) is 5.99. The number of carbonyl (C=O) groups excluding carboxylic acids is 1. The number of fused-ring (bicyclic) bond motifs is 1. The number of benzene rings is 2. The first-order valence-corrected chi connectivity index (χ1v) is 5.99. The predicted octanol–water partition coefficient (Wildman–Crippen LogP) is 1.73. The normalized spacial score (nSPS) is 10.7. The molecule has 0 atom stereocenters. The SMILES string of the molecule is COc1ccc2ccccc2c1-c1n[nH]nc1C(N)=O. The minimum Gasteiger partial charge on any atom is -0.496 e. The predicted molar refractivity (Wildman–Crippen MR) is 74.4 cm³/mol. The first kappa shape index (κ1) is 12.2. The Morgan fingerprint density at radius 3 is 2.75 bits per heavy atom. The molecule has 3 aromatic rings. The van der Waals surface area contributed by atoms with Gasteiger partial charge in [-0.1, -0.05) is 30.3 Å². The van der Waals surface area contributed by atoms with Crippen LogP contribution in [0.1, 0.15) is 10.5 Å². The molecular weight excluding hydrogens is 256 g/mol. The van der Waals surface area contributed by atoms with Gasteiger partial charge in [-0.25, -0.2) is 0 Å². The maximum Gasteiger partial charge on any atom is 0.271 e. The molecule has 0 radical (unpaired) electrons. The molecule has 0 spiro atoms. The molecule has 3 rings (SSSR count). The third-order valence-corrected chi connectivity index (χ3v) is 3.13. The smallest absolute Gasteiger partial charge is 0.271 e. The van der Waals surface area contributed by atoms with Crippen molar-refractivity contribution in [3.63, 3.8) is 0 Å². The number of amides is 1. The second-order valence-corrected chi connectivity index (χ2v) is 4.25. The highest BCUT2D eigenvalue weighted by Crippen LogP contribution is 2.36. The van der Waals surface area contributed by atoms with Gasteiger partial charge in [0.25, 0.3) is 5.91 Å². The molecule has 3 N–H and O–H groups in total. The molecular formula is C14H12N4O2. The summed E-state index contributed by atoms with van der Waals surface area (Å²) in [4.78, 5) is 11.5. The summed E-state index contributed by atoms with van der Waals surface area (Å²) < 4.78 is 5.38. The number of carbonyl (C=O) groups is 1. The van der Waals surface area contributed by atoms with Crippen molar-refractivity contribution in [1.29, 1.82) is 0 Å². The topological polar surface area (TPSA) is 93.9 Å². The van der Waals surface area contributed by atoms with Crippen LogP contribution >= 0.6 is 0 Å². The van der Waals surface area contributed by atoms with Crippen LogP contribution < -0.4 is 10.5 Å². The third-order valence-electron chi connectivity index (χ3n) is 3.13. The van der Waals surface area contributed by atoms with E-state index in [-0.39, 0.29) is 5.69 Å². The molecule has 0 saturated heterocycles. The standard InChI is InChI=1S/C14H12N4O2/c1-20-10-7-6-8-4-2-3-5-9(8)11(10)12-13(14(15)19)17-18-16-12/h2-7H,1H3,(H2,15,19)(H,16,17,18). The number of aromatic amines is 1. The lowest BCUT2D eigenvalue weighted by Gasteiger charge is -2.10. The molecule has 0 fully saturated rings. The summed E-state index contributed by atoms with van der Waals surface area (Å²) in [7, 11) is 1.57. The minimum absolute atomic E-state index is 0.0969. The molecule has 0 saturated carbocycles. The summed E-state index contributed by atoms with van der Waals surface area (Å²) in [5, 5.41) is 12.2. The van der Waals surface area contributed by atoms with E-state index in [9.17, 15) is 4.79 Å². The van der Waals surface area contributed by atoms with E-state index in [0.717, 1.165) is 10.8 Å². The van der Waals surface area contributed by atoms with Crippen molar-refractivity contribution < 1.29 is 9.53 Å². The van der Waals surface area contributed by atoms with Gasteiger partial charge in [-0.3, -0.25) is 4.79 Å². The number of nitrogens with two attached hydrogens (primary N) is 1. The van der Waals surface area contributed by atoms with E-state index in [0.29, 0.717) is 17.0 Å². The molecule has 1 aromatic heterocycles. The quantitative estimate of drug-likeness (QED) is 0.756. The average molecular weight is 268 g/mol. The molecule has 20 heavy (non-hydrogen) atoms. The highest BCUT2D eigenvalue weighted by Gasteiger charge is 2.20. The van der Waals surface area contributed by atoms with E-state index in [1.54, 1.807) is 7.11 Å². The van der Waals surface area contributed by atoms with Gasteiger partial charge in [-0.05, 0) is 16.8 Å². The van der Waals surface area contributed by atoms with Gasteiger partial charge in [0.15, 0.2) is 5.69 Å². The van der Waals surface area contributed by atoms with Crippen LogP contribution in [0.5, 0.6) is 5.75 Å². The molecule has 0 aliphatic rings. The average Bonchev–Trinajstić information content (AvgIpc) is 2.95. The highest BCUT2D eigenvalue weighted by atomic mass is 16.5. The maximum absolute atomic E-state index is 11.5. The van der Waals surface area contributed by atoms with Gasteiger partial charge in [0.05, 0.1) is 12.7 Å². The highest BCUT2D eigenvalue weighted by molar-refractivity contribution is 6.05. The number of nitrogens with one attached hydrogen (secondary N) is 1. The summed E-state index contributed by atoms with van der Waals surface area (Å²) in [6, 6.07) is 11.5. The van der Waals surface area contributed by atoms with E-state index >= 15 is 0 Å². The van der Waals surface area contributed by atoms with Crippen molar-refractivity contribution in [1.82, 2.24) is 15.4 Å². The lowest BCUT2D eigenvalue weighted by Crippen LogP contribution is -2.13. The Bertz CT molecular complexity index is 795. The lowest BCUT2D eigenvalue weighted by atomic mass is 10.00. The van der Waals surface area contributed by atoms with Gasteiger partial charge in [0.1, 0.15) is 11.4 Å². The van der Waals surface area contributed by atoms with Crippen molar-refractivity contribution in [2.45, 2.75) is 0 Å². The van der Waals surface area contributed by atoms with Crippen LogP contribution in [-0.2, 0) is 0 Å². The number of methoxy groups -OCH3 is 1. The van der Waals surface area contributed by atoms with Gasteiger partial charge in [-0.15, -0.1) is 0 Å². The van der Waals surface area contributed by atoms with Crippen LogP contribution in [0.4, 0.5) is 0 Å². The van der Waals surface area contributed by atoms with Crippen LogP contribution in [-0.4, -0.2) is 28.4 Å². The van der Waals surface area contributed by atoms with Gasteiger partial charge >= 0.3 is 0 Å². The summed E-state index contributed by atoms with van der Waals surface area (Å²) in [5.74, 6) is -0.0242. The van der Waals surface area contributed by atoms with Gasteiger partial charge < -0.3 is 10.5 Å². The first-order chi connectivity index (χ1) is 9.72. The zero-order chi connectivity index (χ0) is 14.1. The van der Waals surface area contributed by atoms with E-state index in [1.807, 2.05) is 36.4 Å². The molecule has 1 amide bonds. The number of rotatable bonds is 3. The van der Waals surface area contributed by atoms with E-state index in [4.69, 9.17) is 10.5 Å². The molecule has 0 aliphatic carbocycles. The van der Waals surface area contributed by atoms with Crippen LogP contribution in [0, 0.1) is 0 Å². The number of hydrogen-bond acceptors (Lipinski definition) is 4. The van der Waals surface area contributed by atoms with Crippen molar-refractivity contribution >= 4 is 16.7 Å². The second kappa shape index (κ2) is 4.65. The Balaban J connectivity index is 2.39. The molecule has 2 aromatic carbocycles. The fraction of sp³-hybridized carbons (Fsp3) is 0.0714. The second-order valence-electron chi connectivity index (χ2n) is 4.25. The number of hydrogen-bond donors (Lipinski definition) is 2. The molecule has 0 bridgehead atoms. The summed E-state index contributed by atoms with van der Waals surface area (Å²) in [6.07, 6.45) is 0. The fourth-order valence-electron chi connectivity index (χ4n) is 2.24. The molecule has 1 heterocycles. The largest absolute Gasteiger partial charge is 0.496 e. The van der Waals surface area contributed by atoms with Crippen LogP contribution in [0.25, 0.3) is 22.0 Å². The number of aromatic nitrogens is 3. The lowest BCUT2D eigenvalue weighted by molar-refractivity contribution is 0.0996. The molecule has 6 nitrogen and oxygen atoms in total. The fourth-order valence-corrected chi connectivity index (χ4v) is 2.24. The summed E-state index contributed by atoms with van der Waals surface area (Å²) >= 11 is 0. The molecule has 100 valence electrons. The Kier molecular flexibility index (Phi) is 2.83. The monoisotopic (exact) mass is 268 g/mol.